The van der Waals surface area contributed by atoms with Gasteiger partial charge in [0.05, 0.1) is 26.1 Å². The van der Waals surface area contributed by atoms with Crippen LogP contribution in [0.4, 0.5) is 14.8 Å². The Kier molecular flexibility index (Phi) is 6.93. The topological polar surface area (TPSA) is 71.7 Å². The Balaban J connectivity index is 1.01. The molecule has 7 nitrogen and oxygen atoms in total. The summed E-state index contributed by atoms with van der Waals surface area (Å²) in [5, 5.41) is 4.07. The summed E-state index contributed by atoms with van der Waals surface area (Å²) in [4.78, 5) is 20.2. The molecular formula is C26H34F2N4O3. The number of likely N-dealkylation sites (tertiary alicyclic amines) is 1. The van der Waals surface area contributed by atoms with Gasteiger partial charge < -0.3 is 19.1 Å². The van der Waals surface area contributed by atoms with Crippen LogP contribution in [0.25, 0.3) is 0 Å². The fourth-order valence-corrected chi connectivity index (χ4v) is 5.28. The largest absolute Gasteiger partial charge is 0.493 e. The van der Waals surface area contributed by atoms with Crippen molar-refractivity contribution in [3.63, 3.8) is 0 Å². The number of aromatic nitrogens is 2. The first-order valence-corrected chi connectivity index (χ1v) is 12.8. The number of alkyl halides is 1. The molecule has 190 valence electrons. The number of ether oxygens (including phenoxy) is 1. The van der Waals surface area contributed by atoms with Crippen LogP contribution in [0.2, 0.25) is 0 Å². The van der Waals surface area contributed by atoms with Crippen LogP contribution >= 0.6 is 0 Å². The molecule has 1 aromatic carbocycles. The van der Waals surface area contributed by atoms with Gasteiger partial charge in [0.2, 0.25) is 5.91 Å². The van der Waals surface area contributed by atoms with Gasteiger partial charge in [-0.25, -0.2) is 8.78 Å². The third-order valence-electron chi connectivity index (χ3n) is 7.65. The number of carbonyl (C=O) groups is 1. The number of carbonyl (C=O) groups excluding carboxylic acids is 1. The number of piperidine rings is 1. The van der Waals surface area contributed by atoms with Crippen LogP contribution in [0.3, 0.4) is 0 Å². The highest BCUT2D eigenvalue weighted by Crippen LogP contribution is 2.50. The zero-order chi connectivity index (χ0) is 24.5. The molecule has 2 aromatic rings. The molecule has 2 saturated heterocycles. The average molecular weight is 489 g/mol. The lowest BCUT2D eigenvalue weighted by Gasteiger charge is -2.34. The SMILES string of the molecule is CC(C)c1noc(N2CCC(C3CC3CCOc3ccc(CC(=O)N4CC(F)C4)c(F)c3)CC2)n1. The Morgan fingerprint density at radius 2 is 2.03 bits per heavy atom. The van der Waals surface area contributed by atoms with E-state index in [2.05, 4.69) is 28.9 Å². The summed E-state index contributed by atoms with van der Waals surface area (Å²) < 4.78 is 38.6. The number of amides is 1. The highest BCUT2D eigenvalue weighted by atomic mass is 19.1. The molecule has 3 heterocycles. The lowest BCUT2D eigenvalue weighted by Crippen LogP contribution is -2.52. The summed E-state index contributed by atoms with van der Waals surface area (Å²) in [6.45, 7) is 6.80. The summed E-state index contributed by atoms with van der Waals surface area (Å²) in [6.07, 6.45) is 3.47. The molecule has 0 spiro atoms. The standard InChI is InChI=1S/C26H34F2N4O3/c1-16(2)25-29-26(35-30-25)31-8-5-17(6-9-31)22-11-18(22)7-10-34-21-4-3-19(23(28)13-21)12-24(33)32-14-20(27)15-32/h3-4,13,16-18,20,22H,5-12,14-15H2,1-2H3. The van der Waals surface area contributed by atoms with Crippen molar-refractivity contribution in [3.8, 4) is 5.75 Å². The van der Waals surface area contributed by atoms with E-state index in [0.29, 0.717) is 29.9 Å². The van der Waals surface area contributed by atoms with E-state index in [1.165, 1.54) is 17.4 Å². The van der Waals surface area contributed by atoms with E-state index < -0.39 is 12.0 Å². The molecule has 1 aromatic heterocycles. The fraction of sp³-hybridized carbons (Fsp3) is 0.654. The molecule has 3 fully saturated rings. The number of rotatable bonds is 9. The van der Waals surface area contributed by atoms with Gasteiger partial charge in [-0.1, -0.05) is 25.1 Å². The number of benzene rings is 1. The summed E-state index contributed by atoms with van der Waals surface area (Å²) in [6, 6.07) is 5.29. The Bertz CT molecular complexity index is 1030. The molecular weight excluding hydrogens is 454 g/mol. The van der Waals surface area contributed by atoms with Gasteiger partial charge in [-0.05, 0) is 55.1 Å². The predicted molar refractivity (Wildman–Crippen MR) is 127 cm³/mol. The molecule has 0 radical (unpaired) electrons. The molecule has 35 heavy (non-hydrogen) atoms. The van der Waals surface area contributed by atoms with Crippen molar-refractivity contribution < 1.29 is 22.8 Å². The highest BCUT2D eigenvalue weighted by Gasteiger charge is 2.43. The maximum absolute atomic E-state index is 14.4. The van der Waals surface area contributed by atoms with Gasteiger partial charge in [-0.2, -0.15) is 4.98 Å². The number of halogens is 2. The second-order valence-electron chi connectivity index (χ2n) is 10.5. The van der Waals surface area contributed by atoms with E-state index in [0.717, 1.165) is 50.0 Å². The zero-order valence-electron chi connectivity index (χ0n) is 20.5. The third kappa shape index (κ3) is 5.59. The van der Waals surface area contributed by atoms with Gasteiger partial charge in [0.1, 0.15) is 17.7 Å². The van der Waals surface area contributed by atoms with Crippen molar-refractivity contribution in [3.05, 3.63) is 35.4 Å². The Hall–Kier alpha value is -2.71. The minimum Gasteiger partial charge on any atom is -0.493 e. The van der Waals surface area contributed by atoms with Gasteiger partial charge in [0.25, 0.3) is 0 Å². The monoisotopic (exact) mass is 488 g/mol. The van der Waals surface area contributed by atoms with Crippen molar-refractivity contribution in [2.24, 2.45) is 17.8 Å². The number of nitrogens with zero attached hydrogens (tertiary/aromatic N) is 4. The van der Waals surface area contributed by atoms with E-state index in [1.54, 1.807) is 12.1 Å². The van der Waals surface area contributed by atoms with Crippen LogP contribution in [-0.2, 0) is 11.2 Å². The lowest BCUT2D eigenvalue weighted by molar-refractivity contribution is -0.137. The normalized spacial score (nSPS) is 23.0. The first-order valence-electron chi connectivity index (χ1n) is 12.8. The third-order valence-corrected chi connectivity index (χ3v) is 7.65. The van der Waals surface area contributed by atoms with Gasteiger partial charge in [-0.15, -0.1) is 0 Å². The molecule has 1 saturated carbocycles. The molecule has 3 aliphatic rings. The van der Waals surface area contributed by atoms with E-state index >= 15 is 0 Å². The molecule has 2 aliphatic heterocycles. The lowest BCUT2D eigenvalue weighted by atomic mass is 9.90. The molecule has 1 aliphatic carbocycles. The summed E-state index contributed by atoms with van der Waals surface area (Å²) >= 11 is 0. The number of anilines is 1. The highest BCUT2D eigenvalue weighted by molar-refractivity contribution is 5.79. The maximum Gasteiger partial charge on any atom is 0.324 e. The zero-order valence-corrected chi connectivity index (χ0v) is 20.5. The van der Waals surface area contributed by atoms with Crippen LogP contribution < -0.4 is 9.64 Å². The van der Waals surface area contributed by atoms with Crippen molar-refractivity contribution in [1.29, 1.82) is 0 Å². The molecule has 1 amide bonds. The number of hydrogen-bond acceptors (Lipinski definition) is 6. The molecule has 9 heteroatoms. The van der Waals surface area contributed by atoms with E-state index in [1.807, 2.05) is 0 Å². The van der Waals surface area contributed by atoms with Crippen molar-refractivity contribution in [2.75, 3.05) is 37.7 Å². The average Bonchev–Trinajstić information content (AvgIpc) is 3.41. The molecule has 5 rings (SSSR count). The Labute approximate surface area is 204 Å². The number of hydrogen-bond donors (Lipinski definition) is 0. The van der Waals surface area contributed by atoms with Crippen LogP contribution in [0, 0.1) is 23.6 Å². The van der Waals surface area contributed by atoms with E-state index in [9.17, 15) is 13.6 Å². The van der Waals surface area contributed by atoms with Crippen molar-refractivity contribution in [2.45, 2.75) is 58.0 Å². The summed E-state index contributed by atoms with van der Waals surface area (Å²) in [7, 11) is 0. The Morgan fingerprint density at radius 3 is 2.69 bits per heavy atom. The van der Waals surface area contributed by atoms with Crippen LogP contribution in [-0.4, -0.2) is 59.9 Å². The first kappa shape index (κ1) is 24.0. The second-order valence-corrected chi connectivity index (χ2v) is 10.5. The minimum absolute atomic E-state index is 0.0488. The van der Waals surface area contributed by atoms with E-state index in [4.69, 9.17) is 9.26 Å². The molecule has 0 bridgehead atoms. The molecule has 0 N–H and O–H groups in total. The summed E-state index contributed by atoms with van der Waals surface area (Å²) in [5.41, 5.74) is 0.319. The van der Waals surface area contributed by atoms with Gasteiger partial charge in [0, 0.05) is 25.1 Å². The summed E-state index contributed by atoms with van der Waals surface area (Å²) in [5.74, 6) is 2.94. The van der Waals surface area contributed by atoms with E-state index in [-0.39, 0.29) is 31.3 Å². The second kappa shape index (κ2) is 10.1. The molecule has 2 atom stereocenters. The quantitative estimate of drug-likeness (QED) is 0.522. The smallest absolute Gasteiger partial charge is 0.324 e. The van der Waals surface area contributed by atoms with Gasteiger partial charge in [-0.3, -0.25) is 4.79 Å². The van der Waals surface area contributed by atoms with Gasteiger partial charge in [0.15, 0.2) is 5.82 Å². The van der Waals surface area contributed by atoms with Crippen LogP contribution in [0.15, 0.2) is 22.7 Å². The van der Waals surface area contributed by atoms with Crippen molar-refractivity contribution in [1.82, 2.24) is 15.0 Å². The van der Waals surface area contributed by atoms with Crippen LogP contribution in [0.5, 0.6) is 5.75 Å². The van der Waals surface area contributed by atoms with Gasteiger partial charge >= 0.3 is 6.01 Å². The minimum atomic E-state index is -0.951. The Morgan fingerprint density at radius 1 is 1.26 bits per heavy atom. The van der Waals surface area contributed by atoms with Crippen LogP contribution in [0.1, 0.15) is 56.8 Å². The van der Waals surface area contributed by atoms with Crippen molar-refractivity contribution >= 4 is 11.9 Å². The maximum atomic E-state index is 14.4. The molecule has 2 unspecified atom stereocenters. The fourth-order valence-electron chi connectivity index (χ4n) is 5.28. The predicted octanol–water partition coefficient (Wildman–Crippen LogP) is 4.38. The first-order chi connectivity index (χ1) is 16.9.